The number of H-pyrrole nitrogens is 1. The molecule has 1 fully saturated rings. The lowest BCUT2D eigenvalue weighted by Crippen LogP contribution is -2.42. The Bertz CT molecular complexity index is 949. The number of benzene rings is 1. The zero-order valence-electron chi connectivity index (χ0n) is 16.1. The average molecular weight is 426 g/mol. The zero-order valence-corrected chi connectivity index (χ0v) is 16.9. The van der Waals surface area contributed by atoms with Crippen LogP contribution in [0.15, 0.2) is 24.3 Å². The summed E-state index contributed by atoms with van der Waals surface area (Å²) in [5, 5.41) is 9.06. The molecule has 0 bridgehead atoms. The number of aromatic amines is 1. The Labute approximate surface area is 168 Å². The number of nitrogens with one attached hydrogen (secondary N) is 2. The molecule has 0 unspecified atom stereocenters. The maximum atomic E-state index is 13.9. The standard InChI is InChI=1S/C19H24F2N4O3S/c1-2-3-11-29(27,28)25-9-7-13(8-10-25)19(26)22-17-12-16(23-24-17)18-14(20)5-4-6-15(18)21/h4-6,12-13H,2-3,7-11H2,1H3,(H2,22,23,24,26). The highest BCUT2D eigenvalue weighted by atomic mass is 32.2. The van der Waals surface area contributed by atoms with Gasteiger partial charge in [0.15, 0.2) is 5.82 Å². The van der Waals surface area contributed by atoms with E-state index >= 15 is 0 Å². The predicted octanol–water partition coefficient (Wildman–Crippen LogP) is 3.14. The lowest BCUT2D eigenvalue weighted by molar-refractivity contribution is -0.120. The Kier molecular flexibility index (Phi) is 6.63. The van der Waals surface area contributed by atoms with E-state index in [0.29, 0.717) is 32.4 Å². The van der Waals surface area contributed by atoms with E-state index < -0.39 is 21.7 Å². The second-order valence-corrected chi connectivity index (χ2v) is 9.18. The first kappa shape index (κ1) is 21.4. The van der Waals surface area contributed by atoms with Crippen molar-refractivity contribution in [1.29, 1.82) is 0 Å². The third-order valence-corrected chi connectivity index (χ3v) is 6.99. The van der Waals surface area contributed by atoms with Crippen LogP contribution in [0.4, 0.5) is 14.6 Å². The number of amides is 1. The highest BCUT2D eigenvalue weighted by Gasteiger charge is 2.31. The van der Waals surface area contributed by atoms with Crippen molar-refractivity contribution >= 4 is 21.7 Å². The minimum absolute atomic E-state index is 0.118. The molecule has 0 spiro atoms. The molecule has 0 saturated carbocycles. The van der Waals surface area contributed by atoms with Crippen molar-refractivity contribution in [2.45, 2.75) is 32.6 Å². The van der Waals surface area contributed by atoms with Gasteiger partial charge in [0.05, 0.1) is 17.0 Å². The fourth-order valence-electron chi connectivity index (χ4n) is 3.35. The highest BCUT2D eigenvalue weighted by molar-refractivity contribution is 7.89. The Morgan fingerprint density at radius 2 is 1.93 bits per heavy atom. The molecule has 1 saturated heterocycles. The van der Waals surface area contributed by atoms with Crippen molar-refractivity contribution in [2.24, 2.45) is 5.92 Å². The molecule has 1 amide bonds. The van der Waals surface area contributed by atoms with Gasteiger partial charge in [0.1, 0.15) is 11.6 Å². The van der Waals surface area contributed by atoms with Crippen molar-refractivity contribution in [1.82, 2.24) is 14.5 Å². The van der Waals surface area contributed by atoms with Gasteiger partial charge in [-0.2, -0.15) is 5.10 Å². The predicted molar refractivity (Wildman–Crippen MR) is 106 cm³/mol. The largest absolute Gasteiger partial charge is 0.309 e. The van der Waals surface area contributed by atoms with Gasteiger partial charge in [0.2, 0.25) is 15.9 Å². The number of carbonyl (C=O) groups excluding carboxylic acids is 1. The molecule has 1 aromatic carbocycles. The summed E-state index contributed by atoms with van der Waals surface area (Å²) < 4.78 is 53.7. The quantitative estimate of drug-likeness (QED) is 0.711. The topological polar surface area (TPSA) is 95.2 Å². The van der Waals surface area contributed by atoms with Crippen molar-refractivity contribution in [3.05, 3.63) is 35.9 Å². The number of nitrogens with zero attached hydrogens (tertiary/aromatic N) is 2. The molecule has 0 aliphatic carbocycles. The van der Waals surface area contributed by atoms with Gasteiger partial charge >= 0.3 is 0 Å². The summed E-state index contributed by atoms with van der Waals surface area (Å²) >= 11 is 0. The van der Waals surface area contributed by atoms with Crippen LogP contribution in [0.5, 0.6) is 0 Å². The van der Waals surface area contributed by atoms with Crippen LogP contribution in [0, 0.1) is 17.6 Å². The molecular formula is C19H24F2N4O3S. The highest BCUT2D eigenvalue weighted by Crippen LogP contribution is 2.27. The molecule has 1 aromatic heterocycles. The van der Waals surface area contributed by atoms with Crippen LogP contribution in [-0.2, 0) is 14.8 Å². The Balaban J connectivity index is 1.59. The molecule has 7 nitrogen and oxygen atoms in total. The van der Waals surface area contributed by atoms with Crippen LogP contribution in [0.3, 0.4) is 0 Å². The normalized spacial score (nSPS) is 16.1. The second-order valence-electron chi connectivity index (χ2n) is 7.10. The maximum Gasteiger partial charge on any atom is 0.228 e. The fourth-order valence-corrected chi connectivity index (χ4v) is 5.03. The summed E-state index contributed by atoms with van der Waals surface area (Å²) in [6.45, 7) is 2.54. The molecule has 2 N–H and O–H groups in total. The SMILES string of the molecule is CCCCS(=O)(=O)N1CCC(C(=O)Nc2cc(-c3c(F)cccc3F)[nH]n2)CC1. The Morgan fingerprint density at radius 1 is 1.28 bits per heavy atom. The summed E-state index contributed by atoms with van der Waals surface area (Å²) in [4.78, 5) is 12.5. The van der Waals surface area contributed by atoms with Gasteiger partial charge in [-0.05, 0) is 31.4 Å². The van der Waals surface area contributed by atoms with E-state index in [4.69, 9.17) is 0 Å². The summed E-state index contributed by atoms with van der Waals surface area (Å²) in [6.07, 6.45) is 2.25. The third kappa shape index (κ3) is 4.99. The van der Waals surface area contributed by atoms with Crippen molar-refractivity contribution in [2.75, 3.05) is 24.2 Å². The van der Waals surface area contributed by atoms with E-state index in [-0.39, 0.29) is 34.7 Å². The molecule has 158 valence electrons. The number of anilines is 1. The van der Waals surface area contributed by atoms with Gasteiger partial charge in [0.25, 0.3) is 0 Å². The fraction of sp³-hybridized carbons (Fsp3) is 0.474. The number of rotatable bonds is 7. The van der Waals surface area contributed by atoms with E-state index in [1.165, 1.54) is 16.4 Å². The molecule has 1 aliphatic rings. The van der Waals surface area contributed by atoms with Crippen LogP contribution < -0.4 is 5.32 Å². The second kappa shape index (κ2) is 9.00. The van der Waals surface area contributed by atoms with Gasteiger partial charge in [-0.1, -0.05) is 19.4 Å². The number of hydrogen-bond acceptors (Lipinski definition) is 4. The molecule has 2 heterocycles. The molecule has 0 atom stereocenters. The minimum Gasteiger partial charge on any atom is -0.309 e. The number of aromatic nitrogens is 2. The van der Waals surface area contributed by atoms with E-state index in [9.17, 15) is 22.0 Å². The number of hydrogen-bond donors (Lipinski definition) is 2. The smallest absolute Gasteiger partial charge is 0.228 e. The van der Waals surface area contributed by atoms with Gasteiger partial charge in [-0.25, -0.2) is 21.5 Å². The number of piperidine rings is 1. The van der Waals surface area contributed by atoms with Crippen LogP contribution >= 0.6 is 0 Å². The molecule has 0 radical (unpaired) electrons. The van der Waals surface area contributed by atoms with Crippen LogP contribution in [0.25, 0.3) is 11.3 Å². The molecular weight excluding hydrogens is 402 g/mol. The summed E-state index contributed by atoms with van der Waals surface area (Å²) in [6, 6.07) is 4.91. The Morgan fingerprint density at radius 3 is 2.55 bits per heavy atom. The monoisotopic (exact) mass is 426 g/mol. The van der Waals surface area contributed by atoms with Crippen molar-refractivity contribution in [3.63, 3.8) is 0 Å². The van der Waals surface area contributed by atoms with Gasteiger partial charge < -0.3 is 5.32 Å². The van der Waals surface area contributed by atoms with E-state index in [0.717, 1.165) is 18.6 Å². The molecule has 2 aromatic rings. The van der Waals surface area contributed by atoms with Gasteiger partial charge in [-0.15, -0.1) is 0 Å². The van der Waals surface area contributed by atoms with Crippen molar-refractivity contribution in [3.8, 4) is 11.3 Å². The first-order valence-electron chi connectivity index (χ1n) is 9.60. The summed E-state index contributed by atoms with van der Waals surface area (Å²) in [7, 11) is -3.28. The van der Waals surface area contributed by atoms with Crippen LogP contribution in [0.2, 0.25) is 0 Å². The third-order valence-electron chi connectivity index (χ3n) is 5.04. The first-order valence-corrected chi connectivity index (χ1v) is 11.2. The molecule has 3 rings (SSSR count). The van der Waals surface area contributed by atoms with Crippen LogP contribution in [-0.4, -0.2) is 47.7 Å². The van der Waals surface area contributed by atoms with Gasteiger partial charge in [0, 0.05) is 25.1 Å². The van der Waals surface area contributed by atoms with E-state index in [2.05, 4.69) is 15.5 Å². The number of halogens is 2. The lowest BCUT2D eigenvalue weighted by atomic mass is 9.97. The molecule has 1 aliphatic heterocycles. The number of carbonyl (C=O) groups is 1. The minimum atomic E-state index is -3.28. The van der Waals surface area contributed by atoms with Crippen molar-refractivity contribution < 1.29 is 22.0 Å². The summed E-state index contributed by atoms with van der Waals surface area (Å²) in [5.74, 6) is -1.82. The van der Waals surface area contributed by atoms with Crippen LogP contribution in [0.1, 0.15) is 32.6 Å². The van der Waals surface area contributed by atoms with E-state index in [1.807, 2.05) is 6.92 Å². The average Bonchev–Trinajstić information content (AvgIpc) is 3.14. The zero-order chi connectivity index (χ0) is 21.0. The molecule has 29 heavy (non-hydrogen) atoms. The number of unbranched alkanes of at least 4 members (excludes halogenated alkanes) is 1. The molecule has 10 heteroatoms. The lowest BCUT2D eigenvalue weighted by Gasteiger charge is -2.30. The first-order chi connectivity index (χ1) is 13.8. The Hall–Kier alpha value is -2.33. The maximum absolute atomic E-state index is 13.9. The van der Waals surface area contributed by atoms with Gasteiger partial charge in [-0.3, -0.25) is 9.89 Å². The number of sulfonamides is 1. The summed E-state index contributed by atoms with van der Waals surface area (Å²) in [5.41, 5.74) is -0.126. The van der Waals surface area contributed by atoms with E-state index in [1.54, 1.807) is 0 Å².